The molecule has 4 amide bonds. The van der Waals surface area contributed by atoms with Gasteiger partial charge in [0.05, 0.1) is 17.3 Å². The number of nitrogens with one attached hydrogen (secondary N) is 1. The fourth-order valence-electron chi connectivity index (χ4n) is 3.50. The van der Waals surface area contributed by atoms with Gasteiger partial charge in [-0.15, -0.1) is 0 Å². The van der Waals surface area contributed by atoms with Crippen molar-refractivity contribution in [1.29, 1.82) is 0 Å². The van der Waals surface area contributed by atoms with E-state index in [1.165, 1.54) is 25.3 Å². The molecular weight excluding hydrogens is 608 g/mol. The van der Waals surface area contributed by atoms with Crippen molar-refractivity contribution in [1.82, 2.24) is 5.32 Å². The van der Waals surface area contributed by atoms with Crippen LogP contribution in [-0.2, 0) is 14.4 Å². The van der Waals surface area contributed by atoms with Crippen LogP contribution in [0.15, 0.2) is 87.3 Å². The molecule has 0 bridgehead atoms. The normalized spacial score (nSPS) is 14.7. The average Bonchev–Trinajstić information content (AvgIpc) is 2.88. The number of carbonyl (C=O) groups is 4. The SMILES string of the molecule is COc1ccccc1N1C(=O)NC(=O)/C(=C/c2cc(Br)cc(Br)c2OC(=O)/C=C/c2ccccc2)C1=O. The minimum absolute atomic E-state index is 0.0831. The molecule has 0 saturated carbocycles. The zero-order chi connectivity index (χ0) is 26.5. The maximum atomic E-state index is 13.4. The number of methoxy groups -OCH3 is 1. The van der Waals surface area contributed by atoms with E-state index in [4.69, 9.17) is 9.47 Å². The van der Waals surface area contributed by atoms with E-state index in [0.29, 0.717) is 8.95 Å². The number of hydrogen-bond donors (Lipinski definition) is 1. The third-order valence-electron chi connectivity index (χ3n) is 5.18. The zero-order valence-corrected chi connectivity index (χ0v) is 22.4. The molecule has 1 heterocycles. The molecule has 3 aromatic carbocycles. The zero-order valence-electron chi connectivity index (χ0n) is 19.2. The van der Waals surface area contributed by atoms with E-state index in [1.54, 1.807) is 36.4 Å². The van der Waals surface area contributed by atoms with E-state index in [1.807, 2.05) is 30.3 Å². The maximum Gasteiger partial charge on any atom is 0.336 e. The molecule has 1 aliphatic rings. The topological polar surface area (TPSA) is 102 Å². The van der Waals surface area contributed by atoms with Gasteiger partial charge in [-0.25, -0.2) is 14.5 Å². The smallest absolute Gasteiger partial charge is 0.336 e. The second-order valence-electron chi connectivity index (χ2n) is 7.60. The largest absolute Gasteiger partial charge is 0.495 e. The van der Waals surface area contributed by atoms with Crippen LogP contribution in [0.5, 0.6) is 11.5 Å². The molecule has 0 radical (unpaired) electrons. The van der Waals surface area contributed by atoms with Crippen LogP contribution >= 0.6 is 31.9 Å². The van der Waals surface area contributed by atoms with Gasteiger partial charge in [-0.05, 0) is 57.9 Å². The van der Waals surface area contributed by atoms with E-state index in [-0.39, 0.29) is 28.3 Å². The second-order valence-corrected chi connectivity index (χ2v) is 9.37. The third-order valence-corrected chi connectivity index (χ3v) is 6.23. The summed E-state index contributed by atoms with van der Waals surface area (Å²) in [4.78, 5) is 52.0. The number of halogens is 2. The Morgan fingerprint density at radius 2 is 1.68 bits per heavy atom. The highest BCUT2D eigenvalue weighted by atomic mass is 79.9. The summed E-state index contributed by atoms with van der Waals surface area (Å²) in [6.07, 6.45) is 4.12. The highest BCUT2D eigenvalue weighted by molar-refractivity contribution is 9.11. The molecular formula is C27H18Br2N2O6. The number of rotatable bonds is 6. The fourth-order valence-corrected chi connectivity index (χ4v) is 4.84. The van der Waals surface area contributed by atoms with Gasteiger partial charge in [0.25, 0.3) is 11.8 Å². The van der Waals surface area contributed by atoms with Crippen molar-refractivity contribution >= 4 is 73.5 Å². The van der Waals surface area contributed by atoms with E-state index < -0.39 is 23.8 Å². The second kappa shape index (κ2) is 11.4. The number of nitrogens with zero attached hydrogens (tertiary/aromatic N) is 1. The highest BCUT2D eigenvalue weighted by Gasteiger charge is 2.38. The van der Waals surface area contributed by atoms with Gasteiger partial charge in [-0.2, -0.15) is 0 Å². The summed E-state index contributed by atoms with van der Waals surface area (Å²) in [7, 11) is 1.40. The van der Waals surface area contributed by atoms with Gasteiger partial charge in [0.2, 0.25) is 0 Å². The summed E-state index contributed by atoms with van der Waals surface area (Å²) < 4.78 is 11.8. The number of para-hydroxylation sites is 2. The Kier molecular flexibility index (Phi) is 8.00. The van der Waals surface area contributed by atoms with Crippen molar-refractivity contribution in [3.63, 3.8) is 0 Å². The van der Waals surface area contributed by atoms with Crippen molar-refractivity contribution < 1.29 is 28.7 Å². The quantitative estimate of drug-likeness (QED) is 0.168. The molecule has 0 aliphatic carbocycles. The lowest BCUT2D eigenvalue weighted by molar-refractivity contribution is -0.129. The fraction of sp³-hybridized carbons (Fsp3) is 0.0370. The summed E-state index contributed by atoms with van der Waals surface area (Å²) in [5.41, 5.74) is 0.879. The number of barbiturate groups is 1. The van der Waals surface area contributed by atoms with E-state index in [0.717, 1.165) is 10.5 Å². The summed E-state index contributed by atoms with van der Waals surface area (Å²) in [6.45, 7) is 0. The molecule has 1 fully saturated rings. The van der Waals surface area contributed by atoms with Crippen molar-refractivity contribution in [3.8, 4) is 11.5 Å². The van der Waals surface area contributed by atoms with Gasteiger partial charge in [0, 0.05) is 16.1 Å². The molecule has 8 nitrogen and oxygen atoms in total. The van der Waals surface area contributed by atoms with Gasteiger partial charge in [0.1, 0.15) is 11.3 Å². The number of anilines is 1. The Labute approximate surface area is 228 Å². The van der Waals surface area contributed by atoms with E-state index >= 15 is 0 Å². The van der Waals surface area contributed by atoms with Crippen LogP contribution in [0.2, 0.25) is 0 Å². The van der Waals surface area contributed by atoms with Crippen molar-refractivity contribution in [3.05, 3.63) is 98.5 Å². The first-order valence-corrected chi connectivity index (χ1v) is 12.4. The summed E-state index contributed by atoms with van der Waals surface area (Å²) in [6, 6.07) is 17.9. The van der Waals surface area contributed by atoms with Gasteiger partial charge >= 0.3 is 12.0 Å². The molecule has 4 rings (SSSR count). The van der Waals surface area contributed by atoms with Gasteiger partial charge in [-0.1, -0.05) is 58.4 Å². The Hall–Kier alpha value is -4.02. The Bertz CT molecular complexity index is 1470. The minimum Gasteiger partial charge on any atom is -0.495 e. The van der Waals surface area contributed by atoms with Crippen LogP contribution in [-0.4, -0.2) is 30.9 Å². The predicted molar refractivity (Wildman–Crippen MR) is 145 cm³/mol. The predicted octanol–water partition coefficient (Wildman–Crippen LogP) is 5.51. The molecule has 37 heavy (non-hydrogen) atoms. The molecule has 186 valence electrons. The third kappa shape index (κ3) is 5.87. The number of esters is 1. The van der Waals surface area contributed by atoms with Crippen molar-refractivity contribution in [2.45, 2.75) is 0 Å². The Morgan fingerprint density at radius 3 is 2.41 bits per heavy atom. The molecule has 0 spiro atoms. The van der Waals surface area contributed by atoms with Crippen molar-refractivity contribution in [2.24, 2.45) is 0 Å². The first kappa shape index (κ1) is 26.1. The van der Waals surface area contributed by atoms with Gasteiger partial charge in [0.15, 0.2) is 5.75 Å². The molecule has 1 saturated heterocycles. The molecule has 0 unspecified atom stereocenters. The average molecular weight is 626 g/mol. The first-order chi connectivity index (χ1) is 17.8. The number of carbonyl (C=O) groups excluding carboxylic acids is 4. The summed E-state index contributed by atoms with van der Waals surface area (Å²) in [5.74, 6) is -2.07. The van der Waals surface area contributed by atoms with Crippen LogP contribution < -0.4 is 19.7 Å². The van der Waals surface area contributed by atoms with Crippen LogP contribution in [0.4, 0.5) is 10.5 Å². The number of ether oxygens (including phenoxy) is 2. The molecule has 0 atom stereocenters. The number of hydrogen-bond acceptors (Lipinski definition) is 6. The monoisotopic (exact) mass is 624 g/mol. The number of urea groups is 1. The molecule has 1 N–H and O–H groups in total. The van der Waals surface area contributed by atoms with Crippen LogP contribution in [0.25, 0.3) is 12.2 Å². The molecule has 10 heteroatoms. The van der Waals surface area contributed by atoms with Crippen LogP contribution in [0.3, 0.4) is 0 Å². The first-order valence-electron chi connectivity index (χ1n) is 10.8. The summed E-state index contributed by atoms with van der Waals surface area (Å²) in [5, 5.41) is 2.17. The lowest BCUT2D eigenvalue weighted by atomic mass is 10.1. The summed E-state index contributed by atoms with van der Waals surface area (Å²) >= 11 is 6.73. The van der Waals surface area contributed by atoms with Gasteiger partial charge < -0.3 is 9.47 Å². The highest BCUT2D eigenvalue weighted by Crippen LogP contribution is 2.36. The van der Waals surface area contributed by atoms with Gasteiger partial charge in [-0.3, -0.25) is 14.9 Å². The van der Waals surface area contributed by atoms with Crippen molar-refractivity contribution in [2.75, 3.05) is 12.0 Å². The number of benzene rings is 3. The Balaban J connectivity index is 1.71. The number of amides is 4. The number of imide groups is 2. The molecule has 0 aromatic heterocycles. The Morgan fingerprint density at radius 1 is 0.973 bits per heavy atom. The van der Waals surface area contributed by atoms with Crippen LogP contribution in [0, 0.1) is 0 Å². The minimum atomic E-state index is -0.912. The van der Waals surface area contributed by atoms with Crippen LogP contribution in [0.1, 0.15) is 11.1 Å². The molecule has 1 aliphatic heterocycles. The standard InChI is InChI=1S/C27H18Br2N2O6/c1-36-22-10-6-5-9-21(22)31-26(34)19(25(33)30-27(31)35)14-17-13-18(28)15-20(29)24(17)37-23(32)12-11-16-7-3-2-4-8-16/h2-15H,1H3,(H,30,33,35)/b12-11+,19-14-. The molecule has 3 aromatic rings. The van der Waals surface area contributed by atoms with E-state index in [9.17, 15) is 19.2 Å². The maximum absolute atomic E-state index is 13.4. The lowest BCUT2D eigenvalue weighted by Gasteiger charge is -2.27. The lowest BCUT2D eigenvalue weighted by Crippen LogP contribution is -2.54. The van der Waals surface area contributed by atoms with E-state index in [2.05, 4.69) is 37.2 Å².